The molecule has 0 spiro atoms. The molecule has 0 saturated carbocycles. The van der Waals surface area contributed by atoms with Gasteiger partial charge in [-0.2, -0.15) is 0 Å². The first-order chi connectivity index (χ1) is 19.1. The van der Waals surface area contributed by atoms with Crippen LogP contribution in [0, 0.1) is 11.6 Å². The van der Waals surface area contributed by atoms with Crippen LogP contribution >= 0.6 is 0 Å². The van der Waals surface area contributed by atoms with Crippen LogP contribution in [0.25, 0.3) is 0 Å². The summed E-state index contributed by atoms with van der Waals surface area (Å²) in [7, 11) is 2.57. The lowest BCUT2D eigenvalue weighted by atomic mass is 9.89. The van der Waals surface area contributed by atoms with E-state index >= 15 is 0 Å². The van der Waals surface area contributed by atoms with E-state index in [2.05, 4.69) is 27.4 Å². The Morgan fingerprint density at radius 1 is 1.00 bits per heavy atom. The average molecular weight is 557 g/mol. The van der Waals surface area contributed by atoms with Gasteiger partial charge in [-0.1, -0.05) is 12.1 Å². The Morgan fingerprint density at radius 3 is 2.10 bits per heavy atom. The first-order valence-electron chi connectivity index (χ1n) is 13.0. The van der Waals surface area contributed by atoms with Gasteiger partial charge in [0.2, 0.25) is 5.95 Å². The zero-order valence-corrected chi connectivity index (χ0v) is 23.3. The van der Waals surface area contributed by atoms with Crippen molar-refractivity contribution in [3.05, 3.63) is 65.5 Å². The molecule has 0 bridgehead atoms. The van der Waals surface area contributed by atoms with Crippen molar-refractivity contribution in [3.63, 3.8) is 0 Å². The topological polar surface area (TPSA) is 95.0 Å². The second-order valence-electron chi connectivity index (χ2n) is 10.4. The van der Waals surface area contributed by atoms with Gasteiger partial charge < -0.3 is 29.2 Å². The molecule has 0 unspecified atom stereocenters. The number of halogens is 2. The van der Waals surface area contributed by atoms with Crippen LogP contribution in [-0.2, 0) is 11.3 Å². The summed E-state index contributed by atoms with van der Waals surface area (Å²) in [4.78, 5) is 22.5. The molecule has 3 aromatic rings. The lowest BCUT2D eigenvalue weighted by Crippen LogP contribution is -2.41. The maximum atomic E-state index is 14.5. The minimum absolute atomic E-state index is 0.148. The highest BCUT2D eigenvalue weighted by Crippen LogP contribution is 2.32. The first-order valence-corrected chi connectivity index (χ1v) is 13.0. The number of aromatic nitrogens is 2. The molecule has 11 heteroatoms. The summed E-state index contributed by atoms with van der Waals surface area (Å²) in [6.45, 7) is 6.52. The van der Waals surface area contributed by atoms with E-state index in [1.165, 1.54) is 32.2 Å². The summed E-state index contributed by atoms with van der Waals surface area (Å²) in [5.74, 6) is -1.09. The van der Waals surface area contributed by atoms with Crippen LogP contribution in [0.2, 0.25) is 0 Å². The van der Waals surface area contributed by atoms with Crippen molar-refractivity contribution in [3.8, 4) is 17.2 Å². The van der Waals surface area contributed by atoms with E-state index < -0.39 is 23.8 Å². The number of amides is 1. The predicted molar refractivity (Wildman–Crippen MR) is 145 cm³/mol. The maximum Gasteiger partial charge on any atom is 0.410 e. The Hall–Kier alpha value is -4.15. The van der Waals surface area contributed by atoms with Gasteiger partial charge in [-0.05, 0) is 57.2 Å². The molecule has 1 amide bonds. The largest absolute Gasteiger partial charge is 0.494 e. The Kier molecular flexibility index (Phi) is 8.91. The molecule has 1 fully saturated rings. The summed E-state index contributed by atoms with van der Waals surface area (Å²) >= 11 is 0. The van der Waals surface area contributed by atoms with Gasteiger partial charge in [-0.15, -0.1) is 0 Å². The highest BCUT2D eigenvalue weighted by molar-refractivity contribution is 5.68. The number of rotatable bonds is 8. The smallest absolute Gasteiger partial charge is 0.410 e. The third-order valence-corrected chi connectivity index (χ3v) is 6.46. The molecule has 0 radical (unpaired) electrons. The monoisotopic (exact) mass is 556 g/mol. The van der Waals surface area contributed by atoms with E-state index in [0.29, 0.717) is 25.0 Å². The number of carbonyl (C=O) groups excluding carboxylic acids is 1. The second-order valence-corrected chi connectivity index (χ2v) is 10.4. The van der Waals surface area contributed by atoms with Crippen LogP contribution in [0.15, 0.2) is 42.7 Å². The highest BCUT2D eigenvalue weighted by Gasteiger charge is 2.27. The zero-order valence-electron chi connectivity index (χ0n) is 23.3. The van der Waals surface area contributed by atoms with E-state index in [1.54, 1.807) is 4.90 Å². The molecule has 0 atom stereocenters. The number of ether oxygens (including phenoxy) is 4. The fraction of sp³-hybridized carbons (Fsp3) is 0.414. The summed E-state index contributed by atoms with van der Waals surface area (Å²) < 4.78 is 50.0. The van der Waals surface area contributed by atoms with Crippen molar-refractivity contribution < 1.29 is 32.5 Å². The van der Waals surface area contributed by atoms with Crippen molar-refractivity contribution >= 4 is 17.7 Å². The Balaban J connectivity index is 1.30. The normalized spacial score (nSPS) is 14.0. The summed E-state index contributed by atoms with van der Waals surface area (Å²) in [5.41, 5.74) is 1.18. The summed E-state index contributed by atoms with van der Waals surface area (Å²) in [6.07, 6.45) is 4.30. The number of benzene rings is 2. The van der Waals surface area contributed by atoms with Crippen molar-refractivity contribution in [2.75, 3.05) is 32.6 Å². The van der Waals surface area contributed by atoms with Gasteiger partial charge in [0.15, 0.2) is 28.9 Å². The molecular weight excluding hydrogens is 522 g/mol. The molecule has 1 aliphatic heterocycles. The van der Waals surface area contributed by atoms with Crippen molar-refractivity contribution in [2.45, 2.75) is 51.7 Å². The SMILES string of the molecule is COc1cc(OC)c(F)c(COc2cnc(Nc3ccc(C4CCN(C(=O)OC(C)(C)C)CC4)cc3)nc2)c1F. The van der Waals surface area contributed by atoms with Crippen molar-refractivity contribution in [2.24, 2.45) is 0 Å². The van der Waals surface area contributed by atoms with E-state index in [-0.39, 0.29) is 28.9 Å². The van der Waals surface area contributed by atoms with E-state index in [1.807, 2.05) is 32.9 Å². The maximum absolute atomic E-state index is 14.5. The fourth-order valence-corrected chi connectivity index (χ4v) is 4.36. The number of hydrogen-bond donors (Lipinski definition) is 1. The van der Waals surface area contributed by atoms with Crippen LogP contribution in [0.1, 0.15) is 50.7 Å². The number of likely N-dealkylation sites (tertiary alicyclic amines) is 1. The van der Waals surface area contributed by atoms with Gasteiger partial charge in [0.25, 0.3) is 0 Å². The number of nitrogens with one attached hydrogen (secondary N) is 1. The molecule has 1 aliphatic rings. The van der Waals surface area contributed by atoms with Crippen LogP contribution in [0.3, 0.4) is 0 Å². The fourth-order valence-electron chi connectivity index (χ4n) is 4.36. The van der Waals surface area contributed by atoms with Crippen LogP contribution < -0.4 is 19.5 Å². The lowest BCUT2D eigenvalue weighted by Gasteiger charge is -2.33. The zero-order chi connectivity index (χ0) is 28.9. The Bertz CT molecular complexity index is 1280. The second kappa shape index (κ2) is 12.4. The summed E-state index contributed by atoms with van der Waals surface area (Å²) in [6, 6.07) is 9.15. The molecule has 1 N–H and O–H groups in total. The predicted octanol–water partition coefficient (Wildman–Crippen LogP) is 6.21. The minimum atomic E-state index is -0.864. The van der Waals surface area contributed by atoms with Gasteiger partial charge in [-0.25, -0.2) is 23.5 Å². The van der Waals surface area contributed by atoms with Crippen molar-refractivity contribution in [1.82, 2.24) is 14.9 Å². The molecule has 2 heterocycles. The van der Waals surface area contributed by atoms with Crippen LogP contribution in [0.4, 0.5) is 25.2 Å². The van der Waals surface area contributed by atoms with Gasteiger partial charge >= 0.3 is 6.09 Å². The van der Waals surface area contributed by atoms with E-state index in [9.17, 15) is 13.6 Å². The molecular formula is C29H34F2N4O5. The van der Waals surface area contributed by atoms with E-state index in [4.69, 9.17) is 18.9 Å². The van der Waals surface area contributed by atoms with Crippen LogP contribution in [0.5, 0.6) is 17.2 Å². The highest BCUT2D eigenvalue weighted by atomic mass is 19.1. The summed E-state index contributed by atoms with van der Waals surface area (Å²) in [5, 5.41) is 3.13. The molecule has 2 aromatic carbocycles. The van der Waals surface area contributed by atoms with Gasteiger partial charge in [0, 0.05) is 24.8 Å². The van der Waals surface area contributed by atoms with Gasteiger partial charge in [-0.3, -0.25) is 0 Å². The van der Waals surface area contributed by atoms with Crippen molar-refractivity contribution in [1.29, 1.82) is 0 Å². The quantitative estimate of drug-likeness (QED) is 0.350. The van der Waals surface area contributed by atoms with E-state index in [0.717, 1.165) is 24.6 Å². The standard InChI is InChI=1S/C29H34F2N4O5/c1-29(2,3)40-28(36)35-12-10-19(11-13-35)18-6-8-20(9-7-18)34-27-32-15-21(16-33-27)39-17-22-25(30)23(37-4)14-24(38-5)26(22)31/h6-9,14-16,19H,10-13,17H2,1-5H3,(H,32,33,34). The number of hydrogen-bond acceptors (Lipinski definition) is 8. The Labute approximate surface area is 232 Å². The van der Waals surface area contributed by atoms with Crippen LogP contribution in [-0.4, -0.2) is 53.9 Å². The first kappa shape index (κ1) is 28.8. The molecule has 4 rings (SSSR count). The third-order valence-electron chi connectivity index (χ3n) is 6.46. The number of methoxy groups -OCH3 is 2. The molecule has 40 heavy (non-hydrogen) atoms. The lowest BCUT2D eigenvalue weighted by molar-refractivity contribution is 0.0205. The molecule has 0 aliphatic carbocycles. The Morgan fingerprint density at radius 2 is 1.57 bits per heavy atom. The number of carbonyl (C=O) groups is 1. The average Bonchev–Trinajstić information content (AvgIpc) is 2.93. The number of piperidine rings is 1. The molecule has 214 valence electrons. The molecule has 9 nitrogen and oxygen atoms in total. The van der Waals surface area contributed by atoms with Gasteiger partial charge in [0.05, 0.1) is 32.2 Å². The number of nitrogens with zero attached hydrogens (tertiary/aromatic N) is 3. The van der Waals surface area contributed by atoms with Gasteiger partial charge in [0.1, 0.15) is 12.2 Å². The molecule has 1 saturated heterocycles. The third kappa shape index (κ3) is 7.08. The molecule has 1 aromatic heterocycles. The minimum Gasteiger partial charge on any atom is -0.494 e. The number of anilines is 2.